The molecule has 1 atom stereocenters. The minimum atomic E-state index is -0.592. The Morgan fingerprint density at radius 1 is 1.38 bits per heavy atom. The van der Waals surface area contributed by atoms with E-state index in [9.17, 15) is 5.11 Å². The van der Waals surface area contributed by atoms with Crippen molar-refractivity contribution in [3.8, 4) is 5.75 Å². The SMILES string of the molecule is Cc1ccc(O)c(C2(CCO)C=CC=N2)c1. The number of rotatable bonds is 3. The average Bonchev–Trinajstić information content (AvgIpc) is 2.72. The fraction of sp³-hybridized carbons (Fsp3) is 0.308. The molecule has 1 aliphatic rings. The van der Waals surface area contributed by atoms with Gasteiger partial charge in [0.2, 0.25) is 0 Å². The highest BCUT2D eigenvalue weighted by atomic mass is 16.3. The van der Waals surface area contributed by atoms with E-state index in [2.05, 4.69) is 4.99 Å². The molecule has 0 bridgehead atoms. The van der Waals surface area contributed by atoms with Gasteiger partial charge in [0.05, 0.1) is 0 Å². The maximum Gasteiger partial charge on any atom is 0.121 e. The molecule has 0 aromatic heterocycles. The zero-order valence-corrected chi connectivity index (χ0v) is 9.22. The summed E-state index contributed by atoms with van der Waals surface area (Å²) in [5.74, 6) is 0.225. The minimum Gasteiger partial charge on any atom is -0.508 e. The Bertz CT molecular complexity index is 437. The van der Waals surface area contributed by atoms with Crippen molar-refractivity contribution in [2.45, 2.75) is 18.9 Å². The maximum atomic E-state index is 9.90. The van der Waals surface area contributed by atoms with Gasteiger partial charge in [0.25, 0.3) is 0 Å². The van der Waals surface area contributed by atoms with E-state index in [0.717, 1.165) is 11.1 Å². The highest BCUT2D eigenvalue weighted by Crippen LogP contribution is 2.38. The number of benzene rings is 1. The van der Waals surface area contributed by atoms with Crippen LogP contribution in [0.25, 0.3) is 0 Å². The second-order valence-corrected chi connectivity index (χ2v) is 4.06. The van der Waals surface area contributed by atoms with Gasteiger partial charge in [-0.05, 0) is 25.1 Å². The lowest BCUT2D eigenvalue weighted by Gasteiger charge is -2.25. The first-order chi connectivity index (χ1) is 7.68. The second kappa shape index (κ2) is 4.10. The zero-order chi connectivity index (χ0) is 11.6. The fourth-order valence-corrected chi connectivity index (χ4v) is 2.03. The number of aliphatic hydroxyl groups excluding tert-OH is 1. The number of aliphatic imine (C=N–C) groups is 1. The van der Waals surface area contributed by atoms with E-state index < -0.39 is 5.54 Å². The summed E-state index contributed by atoms with van der Waals surface area (Å²) in [5.41, 5.74) is 1.23. The summed E-state index contributed by atoms with van der Waals surface area (Å²) in [6.45, 7) is 2.01. The van der Waals surface area contributed by atoms with Crippen molar-refractivity contribution in [1.29, 1.82) is 0 Å². The van der Waals surface area contributed by atoms with Gasteiger partial charge in [-0.3, -0.25) is 4.99 Å². The summed E-state index contributed by atoms with van der Waals surface area (Å²) >= 11 is 0. The van der Waals surface area contributed by atoms with Gasteiger partial charge in [-0.1, -0.05) is 17.7 Å². The third-order valence-corrected chi connectivity index (χ3v) is 2.87. The quantitative estimate of drug-likeness (QED) is 0.812. The van der Waals surface area contributed by atoms with Crippen LogP contribution in [0.3, 0.4) is 0 Å². The number of aromatic hydroxyl groups is 1. The van der Waals surface area contributed by atoms with Crippen molar-refractivity contribution in [2.75, 3.05) is 6.61 Å². The number of hydrogen-bond donors (Lipinski definition) is 2. The van der Waals surface area contributed by atoms with E-state index in [1.165, 1.54) is 0 Å². The van der Waals surface area contributed by atoms with Crippen LogP contribution >= 0.6 is 0 Å². The molecule has 3 heteroatoms. The lowest BCUT2D eigenvalue weighted by Crippen LogP contribution is -2.21. The predicted octanol–water partition coefficient (Wildman–Crippen LogP) is 1.92. The summed E-state index contributed by atoms with van der Waals surface area (Å²) in [7, 11) is 0. The lowest BCUT2D eigenvalue weighted by atomic mass is 9.86. The van der Waals surface area contributed by atoms with E-state index in [0.29, 0.717) is 6.42 Å². The van der Waals surface area contributed by atoms with Gasteiger partial charge in [-0.25, -0.2) is 0 Å². The van der Waals surface area contributed by atoms with Gasteiger partial charge in [0.15, 0.2) is 0 Å². The maximum absolute atomic E-state index is 9.90. The molecule has 1 aliphatic heterocycles. The van der Waals surface area contributed by atoms with E-state index in [-0.39, 0.29) is 12.4 Å². The molecule has 3 nitrogen and oxygen atoms in total. The number of aliphatic hydroxyl groups is 1. The molecule has 0 amide bonds. The molecule has 2 rings (SSSR count). The van der Waals surface area contributed by atoms with Gasteiger partial charge < -0.3 is 10.2 Å². The van der Waals surface area contributed by atoms with E-state index in [1.54, 1.807) is 12.3 Å². The van der Waals surface area contributed by atoms with E-state index in [1.807, 2.05) is 31.2 Å². The Labute approximate surface area is 94.8 Å². The Morgan fingerprint density at radius 2 is 2.19 bits per heavy atom. The van der Waals surface area contributed by atoms with Gasteiger partial charge in [0, 0.05) is 24.8 Å². The van der Waals surface area contributed by atoms with Crippen LogP contribution in [-0.2, 0) is 5.54 Å². The molecule has 84 valence electrons. The first-order valence-electron chi connectivity index (χ1n) is 5.32. The summed E-state index contributed by atoms with van der Waals surface area (Å²) in [6.07, 6.45) is 5.95. The van der Waals surface area contributed by atoms with Crippen LogP contribution < -0.4 is 0 Å². The van der Waals surface area contributed by atoms with Crippen molar-refractivity contribution in [2.24, 2.45) is 4.99 Å². The molecule has 0 saturated carbocycles. The monoisotopic (exact) mass is 217 g/mol. The smallest absolute Gasteiger partial charge is 0.121 e. The Kier molecular flexibility index (Phi) is 2.79. The molecule has 16 heavy (non-hydrogen) atoms. The van der Waals surface area contributed by atoms with Gasteiger partial charge in [-0.2, -0.15) is 0 Å². The number of phenols is 1. The topological polar surface area (TPSA) is 52.8 Å². The molecular formula is C13H15NO2. The highest BCUT2D eigenvalue weighted by molar-refractivity contribution is 5.76. The van der Waals surface area contributed by atoms with Crippen molar-refractivity contribution in [3.05, 3.63) is 41.5 Å². The van der Waals surface area contributed by atoms with Crippen LogP contribution in [0.1, 0.15) is 17.5 Å². The molecular weight excluding hydrogens is 202 g/mol. The Hall–Kier alpha value is -1.61. The number of allylic oxidation sites excluding steroid dienone is 1. The van der Waals surface area contributed by atoms with Crippen LogP contribution in [0.5, 0.6) is 5.75 Å². The fourth-order valence-electron chi connectivity index (χ4n) is 2.03. The first kappa shape index (κ1) is 10.9. The molecule has 2 N–H and O–H groups in total. The van der Waals surface area contributed by atoms with Crippen molar-refractivity contribution in [3.63, 3.8) is 0 Å². The summed E-state index contributed by atoms with van der Waals surface area (Å²) in [5, 5.41) is 19.0. The molecule has 0 saturated heterocycles. The van der Waals surface area contributed by atoms with Crippen LogP contribution in [-0.4, -0.2) is 23.0 Å². The van der Waals surface area contributed by atoms with Crippen molar-refractivity contribution >= 4 is 6.21 Å². The Balaban J connectivity index is 2.51. The van der Waals surface area contributed by atoms with E-state index in [4.69, 9.17) is 5.11 Å². The average molecular weight is 217 g/mol. The van der Waals surface area contributed by atoms with Crippen LogP contribution in [0.15, 0.2) is 35.3 Å². The number of aryl methyl sites for hydroxylation is 1. The lowest BCUT2D eigenvalue weighted by molar-refractivity contribution is 0.258. The summed E-state index contributed by atoms with van der Waals surface area (Å²) < 4.78 is 0. The molecule has 0 radical (unpaired) electrons. The van der Waals surface area contributed by atoms with Gasteiger partial charge >= 0.3 is 0 Å². The van der Waals surface area contributed by atoms with Crippen LogP contribution in [0.2, 0.25) is 0 Å². The number of hydrogen-bond acceptors (Lipinski definition) is 3. The van der Waals surface area contributed by atoms with Crippen LogP contribution in [0, 0.1) is 6.92 Å². The number of phenolic OH excluding ortho intramolecular Hbond substituents is 1. The van der Waals surface area contributed by atoms with Gasteiger partial charge in [-0.15, -0.1) is 0 Å². The highest BCUT2D eigenvalue weighted by Gasteiger charge is 2.32. The third kappa shape index (κ3) is 1.74. The largest absolute Gasteiger partial charge is 0.508 e. The Morgan fingerprint density at radius 3 is 2.81 bits per heavy atom. The second-order valence-electron chi connectivity index (χ2n) is 4.06. The zero-order valence-electron chi connectivity index (χ0n) is 9.22. The third-order valence-electron chi connectivity index (χ3n) is 2.87. The van der Waals surface area contributed by atoms with Crippen molar-refractivity contribution < 1.29 is 10.2 Å². The van der Waals surface area contributed by atoms with E-state index >= 15 is 0 Å². The molecule has 1 heterocycles. The van der Waals surface area contributed by atoms with Crippen molar-refractivity contribution in [1.82, 2.24) is 0 Å². The standard InChI is InChI=1S/C13H15NO2/c1-10-3-4-12(16)11(9-10)13(6-8-15)5-2-7-14-13/h2-5,7,9,15-16H,6,8H2,1H3. The number of nitrogens with zero attached hydrogens (tertiary/aromatic N) is 1. The first-order valence-corrected chi connectivity index (χ1v) is 5.32. The predicted molar refractivity (Wildman–Crippen MR) is 63.9 cm³/mol. The van der Waals surface area contributed by atoms with Crippen LogP contribution in [0.4, 0.5) is 0 Å². The summed E-state index contributed by atoms with van der Waals surface area (Å²) in [4.78, 5) is 4.37. The molecule has 0 aliphatic carbocycles. The molecule has 1 unspecified atom stereocenters. The molecule has 0 fully saturated rings. The summed E-state index contributed by atoms with van der Waals surface area (Å²) in [6, 6.07) is 5.44. The minimum absolute atomic E-state index is 0.0368. The molecule has 1 aromatic rings. The molecule has 1 aromatic carbocycles. The molecule has 0 spiro atoms. The van der Waals surface area contributed by atoms with Gasteiger partial charge in [0.1, 0.15) is 11.3 Å². The normalized spacial score (nSPS) is 22.9.